The molecule has 0 unspecified atom stereocenters. The Labute approximate surface area is 138 Å². The molecule has 0 saturated carbocycles. The Kier molecular flexibility index (Phi) is 4.16. The number of nitrogens with zero attached hydrogens (tertiary/aromatic N) is 1. The summed E-state index contributed by atoms with van der Waals surface area (Å²) in [6, 6.07) is 11.0. The van der Waals surface area contributed by atoms with Crippen molar-refractivity contribution >= 4 is 38.4 Å². The third kappa shape index (κ3) is 3.27. The van der Waals surface area contributed by atoms with Crippen LogP contribution in [0.4, 0.5) is 15.6 Å². The van der Waals surface area contributed by atoms with E-state index < -0.39 is 0 Å². The normalized spacial score (nSPS) is 10.6. The Morgan fingerprint density at radius 1 is 1.17 bits per heavy atom. The summed E-state index contributed by atoms with van der Waals surface area (Å²) in [5.41, 5.74) is 3.83. The lowest BCUT2D eigenvalue weighted by Crippen LogP contribution is -2.19. The molecule has 0 spiro atoms. The molecule has 0 fully saturated rings. The van der Waals surface area contributed by atoms with Crippen LogP contribution in [-0.4, -0.2) is 18.1 Å². The highest BCUT2D eigenvalue weighted by Gasteiger charge is 2.11. The molecule has 0 saturated heterocycles. The summed E-state index contributed by atoms with van der Waals surface area (Å²) in [5.74, 6) is 0.610. The maximum absolute atomic E-state index is 12.2. The molecule has 6 heteroatoms. The van der Waals surface area contributed by atoms with Crippen molar-refractivity contribution in [2.75, 3.05) is 17.7 Å². The predicted octanol–water partition coefficient (Wildman–Crippen LogP) is 4.57. The number of rotatable bonds is 3. The van der Waals surface area contributed by atoms with E-state index in [1.54, 1.807) is 19.2 Å². The molecule has 3 aromatic rings. The van der Waals surface area contributed by atoms with E-state index in [1.165, 1.54) is 11.3 Å². The Morgan fingerprint density at radius 2 is 1.96 bits per heavy atom. The number of amides is 2. The minimum Gasteiger partial charge on any atom is -0.495 e. The van der Waals surface area contributed by atoms with Gasteiger partial charge in [-0.3, -0.25) is 5.32 Å². The molecule has 2 aromatic carbocycles. The van der Waals surface area contributed by atoms with E-state index in [0.29, 0.717) is 16.6 Å². The van der Waals surface area contributed by atoms with Crippen LogP contribution in [0.15, 0.2) is 36.4 Å². The summed E-state index contributed by atoms with van der Waals surface area (Å²) in [4.78, 5) is 16.6. The van der Waals surface area contributed by atoms with Crippen molar-refractivity contribution in [1.82, 2.24) is 4.98 Å². The molecule has 5 nitrogen and oxygen atoms in total. The highest BCUT2D eigenvalue weighted by molar-refractivity contribution is 7.22. The fourth-order valence-corrected chi connectivity index (χ4v) is 3.34. The fraction of sp³-hybridized carbons (Fsp3) is 0.176. The third-order valence-corrected chi connectivity index (χ3v) is 4.52. The van der Waals surface area contributed by atoms with E-state index in [0.717, 1.165) is 21.3 Å². The lowest BCUT2D eigenvalue weighted by molar-refractivity contribution is 0.262. The van der Waals surface area contributed by atoms with Crippen LogP contribution >= 0.6 is 11.3 Å². The molecule has 0 aliphatic heterocycles. The predicted molar refractivity (Wildman–Crippen MR) is 94.7 cm³/mol. The summed E-state index contributed by atoms with van der Waals surface area (Å²) >= 11 is 1.47. The van der Waals surface area contributed by atoms with Crippen LogP contribution in [0, 0.1) is 13.8 Å². The van der Waals surface area contributed by atoms with Crippen molar-refractivity contribution in [3.8, 4) is 5.75 Å². The summed E-state index contributed by atoms with van der Waals surface area (Å²) in [6.07, 6.45) is 0. The molecular formula is C17H17N3O2S. The molecule has 1 heterocycles. The minimum atomic E-state index is -0.345. The van der Waals surface area contributed by atoms with Crippen molar-refractivity contribution in [3.63, 3.8) is 0 Å². The second-order valence-electron chi connectivity index (χ2n) is 5.23. The van der Waals surface area contributed by atoms with Crippen LogP contribution in [0.5, 0.6) is 5.75 Å². The smallest absolute Gasteiger partial charge is 0.325 e. The number of fused-ring (bicyclic) bond motifs is 1. The van der Waals surface area contributed by atoms with E-state index >= 15 is 0 Å². The number of aromatic nitrogens is 1. The monoisotopic (exact) mass is 327 g/mol. The Bertz CT molecular complexity index is 873. The van der Waals surface area contributed by atoms with Gasteiger partial charge in [0.15, 0.2) is 5.13 Å². The van der Waals surface area contributed by atoms with Crippen LogP contribution in [0.25, 0.3) is 10.2 Å². The standard InChI is InChI=1S/C17H17N3O2S/c1-10-8-11(2)15-13(9-10)19-17(23-15)20-16(21)18-12-6-4-5-7-14(12)22-3/h4-9H,1-3H3,(H2,18,19,20,21). The molecule has 0 radical (unpaired) electrons. The van der Waals surface area contributed by atoms with Crippen molar-refractivity contribution in [3.05, 3.63) is 47.5 Å². The molecule has 1 aromatic heterocycles. The Hall–Kier alpha value is -2.60. The second kappa shape index (κ2) is 6.26. The molecular weight excluding hydrogens is 310 g/mol. The number of carbonyl (C=O) groups excluding carboxylic acids is 1. The lowest BCUT2D eigenvalue weighted by Gasteiger charge is -2.09. The SMILES string of the molecule is COc1ccccc1NC(=O)Nc1nc2cc(C)cc(C)c2s1. The van der Waals surface area contributed by atoms with Crippen molar-refractivity contribution in [2.45, 2.75) is 13.8 Å². The average Bonchev–Trinajstić information content (AvgIpc) is 2.90. The van der Waals surface area contributed by atoms with Crippen molar-refractivity contribution in [1.29, 1.82) is 0 Å². The molecule has 0 aliphatic rings. The number of methoxy groups -OCH3 is 1. The highest BCUT2D eigenvalue weighted by atomic mass is 32.1. The maximum atomic E-state index is 12.2. The molecule has 2 N–H and O–H groups in total. The largest absolute Gasteiger partial charge is 0.495 e. The van der Waals surface area contributed by atoms with Gasteiger partial charge in [0, 0.05) is 0 Å². The quantitative estimate of drug-likeness (QED) is 0.741. The number of nitrogens with one attached hydrogen (secondary N) is 2. The zero-order valence-corrected chi connectivity index (χ0v) is 14.0. The number of benzene rings is 2. The van der Waals surface area contributed by atoms with Crippen molar-refractivity contribution < 1.29 is 9.53 Å². The van der Waals surface area contributed by atoms with Gasteiger partial charge in [-0.05, 0) is 43.2 Å². The minimum absolute atomic E-state index is 0.345. The third-order valence-electron chi connectivity index (χ3n) is 3.40. The van der Waals surface area contributed by atoms with Crippen LogP contribution in [-0.2, 0) is 0 Å². The number of thiazole rings is 1. The number of para-hydroxylation sites is 2. The van der Waals surface area contributed by atoms with Gasteiger partial charge in [-0.15, -0.1) is 0 Å². The number of aryl methyl sites for hydroxylation is 2. The van der Waals surface area contributed by atoms with Crippen LogP contribution in [0.3, 0.4) is 0 Å². The molecule has 118 valence electrons. The van der Waals surface area contributed by atoms with Crippen LogP contribution < -0.4 is 15.4 Å². The number of ether oxygens (including phenoxy) is 1. The van der Waals surface area contributed by atoms with E-state index in [9.17, 15) is 4.79 Å². The van der Waals surface area contributed by atoms with Gasteiger partial charge in [0.25, 0.3) is 0 Å². The topological polar surface area (TPSA) is 63.2 Å². The van der Waals surface area contributed by atoms with E-state index in [2.05, 4.69) is 21.7 Å². The number of carbonyl (C=O) groups is 1. The molecule has 0 aliphatic carbocycles. The van der Waals surface area contributed by atoms with Gasteiger partial charge in [-0.25, -0.2) is 9.78 Å². The van der Waals surface area contributed by atoms with Gasteiger partial charge in [0.2, 0.25) is 0 Å². The van der Waals surface area contributed by atoms with Gasteiger partial charge in [0.1, 0.15) is 5.75 Å². The summed E-state index contributed by atoms with van der Waals surface area (Å²) in [7, 11) is 1.57. The molecule has 0 bridgehead atoms. The first kappa shape index (κ1) is 15.3. The lowest BCUT2D eigenvalue weighted by atomic mass is 10.1. The molecule has 23 heavy (non-hydrogen) atoms. The van der Waals surface area contributed by atoms with Crippen LogP contribution in [0.2, 0.25) is 0 Å². The first-order chi connectivity index (χ1) is 11.1. The van der Waals surface area contributed by atoms with Crippen LogP contribution in [0.1, 0.15) is 11.1 Å². The first-order valence-electron chi connectivity index (χ1n) is 7.15. The first-order valence-corrected chi connectivity index (χ1v) is 7.97. The van der Waals surface area contributed by atoms with Crippen molar-refractivity contribution in [2.24, 2.45) is 0 Å². The van der Waals surface area contributed by atoms with Gasteiger partial charge in [-0.1, -0.05) is 29.5 Å². The summed E-state index contributed by atoms with van der Waals surface area (Å²) in [5, 5.41) is 6.12. The highest BCUT2D eigenvalue weighted by Crippen LogP contribution is 2.30. The Balaban J connectivity index is 1.79. The molecule has 3 rings (SSSR count). The maximum Gasteiger partial charge on any atom is 0.325 e. The van der Waals surface area contributed by atoms with Gasteiger partial charge in [0.05, 0.1) is 23.0 Å². The van der Waals surface area contributed by atoms with E-state index in [1.807, 2.05) is 32.0 Å². The molecule has 2 amide bonds. The Morgan fingerprint density at radius 3 is 2.74 bits per heavy atom. The van der Waals surface area contributed by atoms with E-state index in [-0.39, 0.29) is 6.03 Å². The van der Waals surface area contributed by atoms with Gasteiger partial charge in [-0.2, -0.15) is 0 Å². The fourth-order valence-electron chi connectivity index (χ4n) is 2.43. The summed E-state index contributed by atoms with van der Waals surface area (Å²) < 4.78 is 6.30. The van der Waals surface area contributed by atoms with E-state index in [4.69, 9.17) is 4.74 Å². The number of anilines is 2. The second-order valence-corrected chi connectivity index (χ2v) is 6.23. The zero-order chi connectivity index (χ0) is 16.4. The average molecular weight is 327 g/mol. The summed E-state index contributed by atoms with van der Waals surface area (Å²) in [6.45, 7) is 4.08. The van der Waals surface area contributed by atoms with Gasteiger partial charge < -0.3 is 10.1 Å². The number of urea groups is 1. The number of hydrogen-bond acceptors (Lipinski definition) is 4. The van der Waals surface area contributed by atoms with Gasteiger partial charge >= 0.3 is 6.03 Å². The number of hydrogen-bond donors (Lipinski definition) is 2. The zero-order valence-electron chi connectivity index (χ0n) is 13.1. The molecule has 0 atom stereocenters.